The number of benzene rings is 1. The van der Waals surface area contributed by atoms with E-state index in [4.69, 9.17) is 4.74 Å². The molecule has 3 rings (SSSR count). The van der Waals surface area contributed by atoms with Crippen LogP contribution in [0.25, 0.3) is 0 Å². The summed E-state index contributed by atoms with van der Waals surface area (Å²) >= 11 is 0. The van der Waals surface area contributed by atoms with Crippen molar-refractivity contribution in [2.75, 3.05) is 12.4 Å². The minimum absolute atomic E-state index is 0.657. The summed E-state index contributed by atoms with van der Waals surface area (Å²) in [7, 11) is 1.74. The van der Waals surface area contributed by atoms with E-state index >= 15 is 0 Å². The average molecular weight is 203 g/mol. The smallest absolute Gasteiger partial charge is 0.142 e. The molecule has 1 aromatic rings. The van der Waals surface area contributed by atoms with Crippen molar-refractivity contribution in [2.24, 2.45) is 5.92 Å². The summed E-state index contributed by atoms with van der Waals surface area (Å²) in [6.45, 7) is 0. The van der Waals surface area contributed by atoms with Gasteiger partial charge < -0.3 is 10.1 Å². The molecule has 0 saturated heterocycles. The van der Waals surface area contributed by atoms with Crippen LogP contribution in [0.5, 0.6) is 5.75 Å². The maximum Gasteiger partial charge on any atom is 0.142 e. The maximum atomic E-state index is 5.37. The highest BCUT2D eigenvalue weighted by molar-refractivity contribution is 5.66. The molecule has 0 aromatic heterocycles. The first-order chi connectivity index (χ1) is 7.38. The van der Waals surface area contributed by atoms with Crippen LogP contribution in [0.15, 0.2) is 18.2 Å². The lowest BCUT2D eigenvalue weighted by atomic mass is 9.79. The van der Waals surface area contributed by atoms with Gasteiger partial charge in [0.25, 0.3) is 0 Å². The van der Waals surface area contributed by atoms with Crippen LogP contribution in [0.4, 0.5) is 5.69 Å². The molecule has 80 valence electrons. The normalized spacial score (nSPS) is 24.2. The van der Waals surface area contributed by atoms with Crippen molar-refractivity contribution in [1.82, 2.24) is 0 Å². The molecule has 2 aliphatic rings. The third-order valence-electron chi connectivity index (χ3n) is 3.82. The molecule has 15 heavy (non-hydrogen) atoms. The lowest BCUT2D eigenvalue weighted by molar-refractivity contribution is 0.278. The summed E-state index contributed by atoms with van der Waals surface area (Å²) in [5.41, 5.74) is 2.66. The lowest BCUT2D eigenvalue weighted by Gasteiger charge is -2.31. The van der Waals surface area contributed by atoms with Gasteiger partial charge in [-0.25, -0.2) is 0 Å². The highest BCUT2D eigenvalue weighted by Gasteiger charge is 2.32. The topological polar surface area (TPSA) is 21.3 Å². The van der Waals surface area contributed by atoms with Gasteiger partial charge >= 0.3 is 0 Å². The molecule has 0 spiro atoms. The van der Waals surface area contributed by atoms with Gasteiger partial charge in [-0.05, 0) is 36.8 Å². The van der Waals surface area contributed by atoms with Crippen molar-refractivity contribution in [3.8, 4) is 5.75 Å². The molecule has 1 atom stereocenters. The second-order valence-electron chi connectivity index (χ2n) is 4.64. The molecule has 1 fully saturated rings. The zero-order valence-corrected chi connectivity index (χ0v) is 9.12. The largest absolute Gasteiger partial charge is 0.495 e. The molecule has 1 saturated carbocycles. The first-order valence-electron chi connectivity index (χ1n) is 5.81. The first kappa shape index (κ1) is 9.08. The molecule has 1 aliphatic carbocycles. The van der Waals surface area contributed by atoms with Crippen LogP contribution in [-0.4, -0.2) is 13.2 Å². The van der Waals surface area contributed by atoms with Crippen molar-refractivity contribution < 1.29 is 4.74 Å². The van der Waals surface area contributed by atoms with E-state index in [1.54, 1.807) is 7.11 Å². The number of ether oxygens (including phenoxy) is 1. The summed E-state index contributed by atoms with van der Waals surface area (Å²) in [5, 5.41) is 3.63. The zero-order valence-electron chi connectivity index (χ0n) is 9.12. The second kappa shape index (κ2) is 3.44. The third kappa shape index (κ3) is 1.39. The van der Waals surface area contributed by atoms with Crippen LogP contribution in [0.2, 0.25) is 0 Å². The molecular formula is C13H17NO. The molecule has 2 heteroatoms. The number of methoxy groups -OCH3 is 1. The second-order valence-corrected chi connectivity index (χ2v) is 4.64. The molecule has 0 radical (unpaired) electrons. The number of nitrogens with one attached hydrogen (secondary N) is 1. The number of hydrogen-bond donors (Lipinski definition) is 1. The minimum atomic E-state index is 0.657. The van der Waals surface area contributed by atoms with Crippen LogP contribution >= 0.6 is 0 Å². The summed E-state index contributed by atoms with van der Waals surface area (Å²) in [5.74, 6) is 1.89. The van der Waals surface area contributed by atoms with Gasteiger partial charge in [-0.3, -0.25) is 0 Å². The number of fused-ring (bicyclic) bond motifs is 1. The lowest BCUT2D eigenvalue weighted by Crippen LogP contribution is -2.31. The molecule has 1 N–H and O–H groups in total. The summed E-state index contributed by atoms with van der Waals surface area (Å²) in [6, 6.07) is 6.99. The van der Waals surface area contributed by atoms with Crippen molar-refractivity contribution in [3.05, 3.63) is 23.8 Å². The Kier molecular flexibility index (Phi) is 2.08. The Bertz CT molecular complexity index is 371. The Morgan fingerprint density at radius 1 is 1.33 bits per heavy atom. The summed E-state index contributed by atoms with van der Waals surface area (Å²) in [6.07, 6.45) is 5.38. The molecule has 1 heterocycles. The Balaban J connectivity index is 1.85. The van der Waals surface area contributed by atoms with Gasteiger partial charge in [-0.2, -0.15) is 0 Å². The molecule has 1 aliphatic heterocycles. The Morgan fingerprint density at radius 2 is 2.20 bits per heavy atom. The minimum Gasteiger partial charge on any atom is -0.495 e. The van der Waals surface area contributed by atoms with E-state index in [1.807, 2.05) is 6.07 Å². The van der Waals surface area contributed by atoms with Gasteiger partial charge in [0.15, 0.2) is 0 Å². The highest BCUT2D eigenvalue weighted by Crippen LogP contribution is 2.41. The first-order valence-corrected chi connectivity index (χ1v) is 5.81. The molecule has 0 amide bonds. The summed E-state index contributed by atoms with van der Waals surface area (Å²) < 4.78 is 5.37. The van der Waals surface area contributed by atoms with Crippen molar-refractivity contribution >= 4 is 5.69 Å². The van der Waals surface area contributed by atoms with E-state index in [1.165, 1.54) is 36.9 Å². The van der Waals surface area contributed by atoms with Gasteiger partial charge in [-0.15, -0.1) is 0 Å². The van der Waals surface area contributed by atoms with Crippen molar-refractivity contribution in [3.63, 3.8) is 0 Å². The molecule has 1 unspecified atom stereocenters. The van der Waals surface area contributed by atoms with Gasteiger partial charge in [0.2, 0.25) is 0 Å². The fourth-order valence-electron chi connectivity index (χ4n) is 2.68. The standard InChI is InChI=1S/C13H17NO/c1-15-12-7-3-6-10-8-11(14-13(10)12)9-4-2-5-9/h3,6-7,9,11,14H,2,4-5,8H2,1H3. The maximum absolute atomic E-state index is 5.37. The predicted octanol–water partition coefficient (Wildman–Crippen LogP) is 2.83. The van der Waals surface area contributed by atoms with Crippen LogP contribution in [0.1, 0.15) is 24.8 Å². The van der Waals surface area contributed by atoms with E-state index in [0.29, 0.717) is 6.04 Å². The SMILES string of the molecule is COc1cccc2c1NC(C1CCC1)C2. The van der Waals surface area contributed by atoms with Crippen LogP contribution in [0, 0.1) is 5.92 Å². The number of para-hydroxylation sites is 1. The van der Waals surface area contributed by atoms with Crippen LogP contribution in [-0.2, 0) is 6.42 Å². The fraction of sp³-hybridized carbons (Fsp3) is 0.538. The zero-order chi connectivity index (χ0) is 10.3. The number of hydrogen-bond acceptors (Lipinski definition) is 2. The van der Waals surface area contributed by atoms with E-state index < -0.39 is 0 Å². The Hall–Kier alpha value is -1.18. The Labute approximate surface area is 90.6 Å². The van der Waals surface area contributed by atoms with E-state index in [0.717, 1.165) is 11.7 Å². The van der Waals surface area contributed by atoms with Crippen LogP contribution in [0.3, 0.4) is 0 Å². The van der Waals surface area contributed by atoms with E-state index in [-0.39, 0.29) is 0 Å². The average Bonchev–Trinajstić information content (AvgIpc) is 2.57. The quantitative estimate of drug-likeness (QED) is 0.798. The van der Waals surface area contributed by atoms with Gasteiger partial charge in [0.05, 0.1) is 12.8 Å². The number of anilines is 1. The van der Waals surface area contributed by atoms with Crippen molar-refractivity contribution in [1.29, 1.82) is 0 Å². The summed E-state index contributed by atoms with van der Waals surface area (Å²) in [4.78, 5) is 0. The fourth-order valence-corrected chi connectivity index (χ4v) is 2.68. The predicted molar refractivity (Wildman–Crippen MR) is 61.4 cm³/mol. The van der Waals surface area contributed by atoms with Crippen LogP contribution < -0.4 is 10.1 Å². The highest BCUT2D eigenvalue weighted by atomic mass is 16.5. The van der Waals surface area contributed by atoms with E-state index in [9.17, 15) is 0 Å². The van der Waals surface area contributed by atoms with Gasteiger partial charge in [0, 0.05) is 6.04 Å². The third-order valence-corrected chi connectivity index (χ3v) is 3.82. The molecular weight excluding hydrogens is 186 g/mol. The number of rotatable bonds is 2. The van der Waals surface area contributed by atoms with Crippen molar-refractivity contribution in [2.45, 2.75) is 31.7 Å². The van der Waals surface area contributed by atoms with Gasteiger partial charge in [-0.1, -0.05) is 18.6 Å². The van der Waals surface area contributed by atoms with E-state index in [2.05, 4.69) is 17.4 Å². The molecule has 1 aromatic carbocycles. The monoisotopic (exact) mass is 203 g/mol. The molecule has 2 nitrogen and oxygen atoms in total. The molecule has 0 bridgehead atoms. The Morgan fingerprint density at radius 3 is 2.87 bits per heavy atom. The van der Waals surface area contributed by atoms with Gasteiger partial charge in [0.1, 0.15) is 5.75 Å².